The van der Waals surface area contributed by atoms with Gasteiger partial charge in [0.15, 0.2) is 0 Å². The summed E-state index contributed by atoms with van der Waals surface area (Å²) in [6.07, 6.45) is 13.1. The summed E-state index contributed by atoms with van der Waals surface area (Å²) in [6.45, 7) is 3.84. The van der Waals surface area contributed by atoms with Crippen LogP contribution in [-0.4, -0.2) is 22.0 Å². The normalized spacial score (nSPS) is 31.6. The van der Waals surface area contributed by atoms with Gasteiger partial charge in [-0.25, -0.2) is 4.98 Å². The van der Waals surface area contributed by atoms with Crippen molar-refractivity contribution in [3.8, 4) is 0 Å². The number of carbonyl (C=O) groups is 1. The molecule has 4 nitrogen and oxygen atoms in total. The zero-order chi connectivity index (χ0) is 14.4. The summed E-state index contributed by atoms with van der Waals surface area (Å²) in [5, 5.41) is 3.24. The molecule has 3 aliphatic carbocycles. The van der Waals surface area contributed by atoms with Gasteiger partial charge in [0.25, 0.3) is 0 Å². The second-order valence-electron chi connectivity index (χ2n) is 7.21. The van der Waals surface area contributed by atoms with Crippen LogP contribution in [0.15, 0.2) is 24.5 Å². The van der Waals surface area contributed by atoms with Crippen LogP contribution >= 0.6 is 0 Å². The number of hydrogen-bond donors (Lipinski definition) is 1. The number of aryl methyl sites for hydroxylation is 1. The van der Waals surface area contributed by atoms with E-state index in [0.29, 0.717) is 11.8 Å². The SMILES string of the molecule is Cc1nccn1CC1(CNC(=O)[C@@H]2C[C@@H]3C=C[C@H]2C3)CC1. The van der Waals surface area contributed by atoms with Crippen molar-refractivity contribution in [3.63, 3.8) is 0 Å². The number of nitrogens with one attached hydrogen (secondary N) is 1. The third-order valence-electron chi connectivity index (χ3n) is 5.64. The molecule has 0 aromatic carbocycles. The molecular weight excluding hydrogens is 262 g/mol. The lowest BCUT2D eigenvalue weighted by Crippen LogP contribution is -2.37. The van der Waals surface area contributed by atoms with E-state index in [0.717, 1.165) is 25.3 Å². The maximum absolute atomic E-state index is 12.4. The summed E-state index contributed by atoms with van der Waals surface area (Å²) >= 11 is 0. The van der Waals surface area contributed by atoms with Crippen LogP contribution in [0.25, 0.3) is 0 Å². The number of hydrogen-bond acceptors (Lipinski definition) is 2. The Hall–Kier alpha value is -1.58. The summed E-state index contributed by atoms with van der Waals surface area (Å²) in [6, 6.07) is 0. The lowest BCUT2D eigenvalue weighted by atomic mass is 9.92. The zero-order valence-electron chi connectivity index (χ0n) is 12.6. The largest absolute Gasteiger partial charge is 0.355 e. The van der Waals surface area contributed by atoms with Gasteiger partial charge in [0.1, 0.15) is 5.82 Å². The molecule has 0 saturated heterocycles. The van der Waals surface area contributed by atoms with Crippen molar-refractivity contribution in [3.05, 3.63) is 30.4 Å². The summed E-state index contributed by atoms with van der Waals surface area (Å²) in [4.78, 5) is 16.7. The van der Waals surface area contributed by atoms with Gasteiger partial charge in [-0.1, -0.05) is 12.2 Å². The van der Waals surface area contributed by atoms with Gasteiger partial charge < -0.3 is 9.88 Å². The molecule has 4 rings (SSSR count). The number of carbonyl (C=O) groups excluding carboxylic acids is 1. The molecular formula is C17H23N3O. The van der Waals surface area contributed by atoms with Crippen LogP contribution in [0.5, 0.6) is 0 Å². The minimum Gasteiger partial charge on any atom is -0.355 e. The van der Waals surface area contributed by atoms with Crippen LogP contribution in [0.4, 0.5) is 0 Å². The lowest BCUT2D eigenvalue weighted by Gasteiger charge is -2.21. The second-order valence-corrected chi connectivity index (χ2v) is 7.21. The third-order valence-corrected chi connectivity index (χ3v) is 5.64. The van der Waals surface area contributed by atoms with Gasteiger partial charge in [-0.2, -0.15) is 0 Å². The van der Waals surface area contributed by atoms with E-state index in [1.165, 1.54) is 19.3 Å². The number of nitrogens with zero attached hydrogens (tertiary/aromatic N) is 2. The van der Waals surface area contributed by atoms with E-state index in [1.807, 2.05) is 19.3 Å². The fraction of sp³-hybridized carbons (Fsp3) is 0.647. The fourth-order valence-corrected chi connectivity index (χ4v) is 3.99. The van der Waals surface area contributed by atoms with Crippen LogP contribution in [0.1, 0.15) is 31.5 Å². The quantitative estimate of drug-likeness (QED) is 0.844. The summed E-state index contributed by atoms with van der Waals surface area (Å²) in [5.41, 5.74) is 0.272. The number of allylic oxidation sites excluding steroid dienone is 2. The number of aromatic nitrogens is 2. The average Bonchev–Trinajstić information content (AvgIpc) is 2.84. The maximum Gasteiger partial charge on any atom is 0.223 e. The Labute approximate surface area is 125 Å². The van der Waals surface area contributed by atoms with E-state index in [9.17, 15) is 4.79 Å². The van der Waals surface area contributed by atoms with Crippen molar-refractivity contribution in [1.82, 2.24) is 14.9 Å². The standard InChI is InChI=1S/C17H23N3O/c1-12-18-6-7-20(12)11-17(4-5-17)10-19-16(21)15-9-13-2-3-14(15)8-13/h2-3,6-7,13-15H,4-5,8-11H2,1H3,(H,19,21)/t13-,14+,15-/m1/s1. The van der Waals surface area contributed by atoms with Gasteiger partial charge in [-0.3, -0.25) is 4.79 Å². The van der Waals surface area contributed by atoms with E-state index in [2.05, 4.69) is 27.0 Å². The Morgan fingerprint density at radius 2 is 2.29 bits per heavy atom. The van der Waals surface area contributed by atoms with Gasteiger partial charge in [0, 0.05) is 36.8 Å². The first-order chi connectivity index (χ1) is 10.2. The highest BCUT2D eigenvalue weighted by atomic mass is 16.1. The van der Waals surface area contributed by atoms with Crippen molar-refractivity contribution in [2.24, 2.45) is 23.2 Å². The van der Waals surface area contributed by atoms with Crippen molar-refractivity contribution >= 4 is 5.91 Å². The van der Waals surface area contributed by atoms with Crippen LogP contribution < -0.4 is 5.32 Å². The molecule has 1 aromatic rings. The first-order valence-corrected chi connectivity index (χ1v) is 8.09. The summed E-state index contributed by atoms with van der Waals surface area (Å²) in [7, 11) is 0. The van der Waals surface area contributed by atoms with Crippen molar-refractivity contribution in [2.75, 3.05) is 6.54 Å². The van der Waals surface area contributed by atoms with Crippen LogP contribution in [-0.2, 0) is 11.3 Å². The molecule has 112 valence electrons. The minimum atomic E-state index is 0.228. The highest BCUT2D eigenvalue weighted by Crippen LogP contribution is 2.47. The molecule has 3 atom stereocenters. The van der Waals surface area contributed by atoms with Gasteiger partial charge in [0.2, 0.25) is 5.91 Å². The molecule has 0 radical (unpaired) electrons. The molecule has 2 fully saturated rings. The van der Waals surface area contributed by atoms with E-state index in [4.69, 9.17) is 0 Å². The highest BCUT2D eigenvalue weighted by Gasteiger charge is 2.45. The van der Waals surface area contributed by atoms with Gasteiger partial charge in [0.05, 0.1) is 0 Å². The Bertz CT molecular complexity index is 585. The Morgan fingerprint density at radius 3 is 2.86 bits per heavy atom. The number of fused-ring (bicyclic) bond motifs is 2. The predicted octanol–water partition coefficient (Wildman–Crippen LogP) is 2.30. The number of rotatable bonds is 5. The molecule has 4 heteroatoms. The Morgan fingerprint density at radius 1 is 1.43 bits per heavy atom. The molecule has 2 bridgehead atoms. The average molecular weight is 285 g/mol. The maximum atomic E-state index is 12.4. The first-order valence-electron chi connectivity index (χ1n) is 8.09. The molecule has 0 aliphatic heterocycles. The van der Waals surface area contributed by atoms with E-state index in [-0.39, 0.29) is 17.2 Å². The monoisotopic (exact) mass is 285 g/mol. The number of imidazole rings is 1. The molecule has 2 saturated carbocycles. The first kappa shape index (κ1) is 13.1. The fourth-order valence-electron chi connectivity index (χ4n) is 3.99. The molecule has 0 unspecified atom stereocenters. The van der Waals surface area contributed by atoms with Crippen molar-refractivity contribution < 1.29 is 4.79 Å². The van der Waals surface area contributed by atoms with E-state index >= 15 is 0 Å². The molecule has 1 aromatic heterocycles. The molecule has 1 N–H and O–H groups in total. The van der Waals surface area contributed by atoms with Gasteiger partial charge >= 0.3 is 0 Å². The lowest BCUT2D eigenvalue weighted by molar-refractivity contribution is -0.126. The minimum absolute atomic E-state index is 0.228. The van der Waals surface area contributed by atoms with Crippen LogP contribution in [0.2, 0.25) is 0 Å². The van der Waals surface area contributed by atoms with Gasteiger partial charge in [-0.05, 0) is 44.4 Å². The van der Waals surface area contributed by atoms with E-state index in [1.54, 1.807) is 0 Å². The summed E-state index contributed by atoms with van der Waals surface area (Å²) < 4.78 is 2.21. The van der Waals surface area contributed by atoms with Crippen molar-refractivity contribution in [2.45, 2.75) is 39.2 Å². The number of amides is 1. The second kappa shape index (κ2) is 4.72. The van der Waals surface area contributed by atoms with Crippen LogP contribution in [0.3, 0.4) is 0 Å². The van der Waals surface area contributed by atoms with Gasteiger partial charge in [-0.15, -0.1) is 0 Å². The Balaban J connectivity index is 1.33. The molecule has 1 amide bonds. The molecule has 0 spiro atoms. The molecule has 1 heterocycles. The third kappa shape index (κ3) is 2.41. The zero-order valence-corrected chi connectivity index (χ0v) is 12.6. The molecule has 21 heavy (non-hydrogen) atoms. The Kier molecular flexibility index (Phi) is 2.95. The highest BCUT2D eigenvalue weighted by molar-refractivity contribution is 5.80. The summed E-state index contributed by atoms with van der Waals surface area (Å²) in [5.74, 6) is 2.73. The predicted molar refractivity (Wildman–Crippen MR) is 80.5 cm³/mol. The van der Waals surface area contributed by atoms with Crippen LogP contribution in [0, 0.1) is 30.1 Å². The topological polar surface area (TPSA) is 46.9 Å². The van der Waals surface area contributed by atoms with Crippen molar-refractivity contribution in [1.29, 1.82) is 0 Å². The smallest absolute Gasteiger partial charge is 0.223 e. The molecule has 3 aliphatic rings. The van der Waals surface area contributed by atoms with E-state index < -0.39 is 0 Å².